The Hall–Kier alpha value is -1.56. The van der Waals surface area contributed by atoms with E-state index >= 15 is 0 Å². The van der Waals surface area contributed by atoms with Gasteiger partial charge in [0, 0.05) is 43.4 Å². The summed E-state index contributed by atoms with van der Waals surface area (Å²) in [6.07, 6.45) is 2.24. The zero-order valence-electron chi connectivity index (χ0n) is 14.8. The van der Waals surface area contributed by atoms with Gasteiger partial charge in [0.25, 0.3) is 0 Å². The maximum absolute atomic E-state index is 11.7. The lowest BCUT2D eigenvalue weighted by molar-refractivity contribution is -0.121. The first kappa shape index (κ1) is 20.4. The Morgan fingerprint density at radius 3 is 2.32 bits per heavy atom. The molecule has 0 saturated heterocycles. The summed E-state index contributed by atoms with van der Waals surface area (Å²) >= 11 is 0. The molecule has 1 amide bonds. The Balaban J connectivity index is 3.95. The second kappa shape index (κ2) is 11.1. The van der Waals surface area contributed by atoms with E-state index in [1.807, 2.05) is 14.0 Å². The summed E-state index contributed by atoms with van der Waals surface area (Å²) in [5.41, 5.74) is 7.33. The molecule has 22 heavy (non-hydrogen) atoms. The fourth-order valence-corrected chi connectivity index (χ4v) is 1.89. The van der Waals surface area contributed by atoms with Crippen LogP contribution >= 0.6 is 0 Å². The summed E-state index contributed by atoms with van der Waals surface area (Å²) in [4.78, 5) is 13.8. The van der Waals surface area contributed by atoms with Gasteiger partial charge in [0.15, 0.2) is 0 Å². The first-order chi connectivity index (χ1) is 10.3. The lowest BCUT2D eigenvalue weighted by atomic mass is 10.1. The third-order valence-corrected chi connectivity index (χ3v) is 3.60. The lowest BCUT2D eigenvalue weighted by Gasteiger charge is -2.20. The fraction of sp³-hybridized carbons (Fsp3) is 0.750. The second-order valence-corrected chi connectivity index (χ2v) is 5.89. The van der Waals surface area contributed by atoms with E-state index in [0.717, 1.165) is 25.0 Å². The molecule has 0 fully saturated rings. The Kier molecular flexibility index (Phi) is 10.3. The highest BCUT2D eigenvalue weighted by Gasteiger charge is 2.08. The van der Waals surface area contributed by atoms with Gasteiger partial charge >= 0.3 is 0 Å². The lowest BCUT2D eigenvalue weighted by Crippen LogP contribution is -2.37. The third kappa shape index (κ3) is 8.67. The molecular formula is C16H33N5O. The SMILES string of the molecule is CCC/C(C(=N)NCCNC(=O)CCN(C)C(C)C)=C(\C)N. The third-order valence-electron chi connectivity index (χ3n) is 3.60. The van der Waals surface area contributed by atoms with Gasteiger partial charge in [0.05, 0.1) is 0 Å². The molecule has 0 aromatic carbocycles. The van der Waals surface area contributed by atoms with Gasteiger partial charge in [-0.2, -0.15) is 0 Å². The predicted molar refractivity (Wildman–Crippen MR) is 92.9 cm³/mol. The highest BCUT2D eigenvalue weighted by Crippen LogP contribution is 2.07. The number of rotatable bonds is 10. The molecule has 0 spiro atoms. The largest absolute Gasteiger partial charge is 0.402 e. The van der Waals surface area contributed by atoms with Crippen molar-refractivity contribution in [2.75, 3.05) is 26.7 Å². The molecule has 0 radical (unpaired) electrons. The van der Waals surface area contributed by atoms with E-state index in [1.165, 1.54) is 0 Å². The van der Waals surface area contributed by atoms with Crippen LogP contribution in [0.5, 0.6) is 0 Å². The topological polar surface area (TPSA) is 94.2 Å². The maximum atomic E-state index is 11.7. The van der Waals surface area contributed by atoms with Gasteiger partial charge in [0.2, 0.25) is 5.91 Å². The van der Waals surface area contributed by atoms with E-state index in [-0.39, 0.29) is 5.91 Å². The van der Waals surface area contributed by atoms with Gasteiger partial charge in [-0.05, 0) is 34.2 Å². The van der Waals surface area contributed by atoms with Crippen LogP contribution in [0.2, 0.25) is 0 Å². The minimum Gasteiger partial charge on any atom is -0.402 e. The summed E-state index contributed by atoms with van der Waals surface area (Å²) in [6, 6.07) is 0.443. The van der Waals surface area contributed by atoms with E-state index in [9.17, 15) is 4.79 Å². The van der Waals surface area contributed by atoms with Crippen molar-refractivity contribution >= 4 is 11.7 Å². The quantitative estimate of drug-likeness (QED) is 0.279. The number of nitrogens with zero attached hydrogens (tertiary/aromatic N) is 1. The van der Waals surface area contributed by atoms with Crippen molar-refractivity contribution in [1.82, 2.24) is 15.5 Å². The second-order valence-electron chi connectivity index (χ2n) is 5.89. The average Bonchev–Trinajstić information content (AvgIpc) is 2.45. The minimum absolute atomic E-state index is 0.0418. The van der Waals surface area contributed by atoms with E-state index in [1.54, 1.807) is 0 Å². The fourth-order valence-electron chi connectivity index (χ4n) is 1.89. The number of nitrogens with two attached hydrogens (primary N) is 1. The van der Waals surface area contributed by atoms with Crippen LogP contribution in [-0.2, 0) is 4.79 Å². The van der Waals surface area contributed by atoms with Crippen molar-refractivity contribution in [2.45, 2.75) is 53.0 Å². The molecule has 6 nitrogen and oxygen atoms in total. The highest BCUT2D eigenvalue weighted by atomic mass is 16.1. The van der Waals surface area contributed by atoms with Crippen molar-refractivity contribution < 1.29 is 4.79 Å². The van der Waals surface area contributed by atoms with E-state index < -0.39 is 0 Å². The maximum Gasteiger partial charge on any atom is 0.221 e. The van der Waals surface area contributed by atoms with Crippen LogP contribution in [0.15, 0.2) is 11.3 Å². The Morgan fingerprint density at radius 2 is 1.82 bits per heavy atom. The molecule has 0 atom stereocenters. The van der Waals surface area contributed by atoms with Crippen LogP contribution in [0.25, 0.3) is 0 Å². The van der Waals surface area contributed by atoms with Gasteiger partial charge in [-0.25, -0.2) is 0 Å². The zero-order valence-corrected chi connectivity index (χ0v) is 14.8. The standard InChI is InChI=1S/C16H33N5O/c1-6-7-14(13(4)17)16(18)20-10-9-19-15(22)8-11-21(5)12(2)3/h12H,6-11,17H2,1-5H3,(H2,18,20)(H,19,22)/b14-13-. The van der Waals surface area contributed by atoms with E-state index in [4.69, 9.17) is 11.1 Å². The summed E-state index contributed by atoms with van der Waals surface area (Å²) < 4.78 is 0. The summed E-state index contributed by atoms with van der Waals surface area (Å²) in [5, 5.41) is 13.8. The molecule has 6 heteroatoms. The van der Waals surface area contributed by atoms with E-state index in [2.05, 4.69) is 36.3 Å². The van der Waals surface area contributed by atoms with Crippen LogP contribution in [-0.4, -0.2) is 49.4 Å². The molecule has 0 aromatic heterocycles. The molecule has 0 unspecified atom stereocenters. The average molecular weight is 311 g/mol. The molecule has 0 rings (SSSR count). The first-order valence-corrected chi connectivity index (χ1v) is 8.04. The molecule has 128 valence electrons. The monoisotopic (exact) mass is 311 g/mol. The summed E-state index contributed by atoms with van der Waals surface area (Å²) in [6.45, 7) is 9.88. The van der Waals surface area contributed by atoms with Crippen LogP contribution in [0.3, 0.4) is 0 Å². The molecule has 0 saturated carbocycles. The predicted octanol–water partition coefficient (Wildman–Crippen LogP) is 1.43. The molecular weight excluding hydrogens is 278 g/mol. The number of amidine groups is 1. The van der Waals surface area contributed by atoms with Gasteiger partial charge in [-0.15, -0.1) is 0 Å². The normalized spacial score (nSPS) is 12.3. The molecule has 0 aliphatic rings. The Labute approximate surface area is 135 Å². The van der Waals surface area contributed by atoms with Crippen LogP contribution in [0.4, 0.5) is 0 Å². The van der Waals surface area contributed by atoms with Gasteiger partial charge in [-0.1, -0.05) is 13.3 Å². The summed E-state index contributed by atoms with van der Waals surface area (Å²) in [7, 11) is 2.01. The van der Waals surface area contributed by atoms with E-state index in [0.29, 0.717) is 37.1 Å². The van der Waals surface area contributed by atoms with Gasteiger partial charge in [0.1, 0.15) is 5.84 Å². The van der Waals surface area contributed by atoms with Crippen molar-refractivity contribution in [3.63, 3.8) is 0 Å². The Morgan fingerprint density at radius 1 is 1.23 bits per heavy atom. The number of carbonyl (C=O) groups excluding carboxylic acids is 1. The number of carbonyl (C=O) groups is 1. The van der Waals surface area contributed by atoms with Crippen molar-refractivity contribution in [3.8, 4) is 0 Å². The number of hydrogen-bond acceptors (Lipinski definition) is 4. The molecule has 0 aliphatic carbocycles. The van der Waals surface area contributed by atoms with Gasteiger partial charge in [-0.3, -0.25) is 10.2 Å². The molecule has 0 bridgehead atoms. The van der Waals surface area contributed by atoms with Gasteiger partial charge < -0.3 is 21.3 Å². The molecule has 5 N–H and O–H groups in total. The van der Waals surface area contributed by atoms with Crippen molar-refractivity contribution in [2.24, 2.45) is 5.73 Å². The minimum atomic E-state index is 0.0418. The van der Waals surface area contributed by atoms with Crippen molar-refractivity contribution in [1.29, 1.82) is 5.41 Å². The zero-order chi connectivity index (χ0) is 17.1. The van der Waals surface area contributed by atoms with Crippen molar-refractivity contribution in [3.05, 3.63) is 11.3 Å². The smallest absolute Gasteiger partial charge is 0.221 e. The number of amides is 1. The van der Waals surface area contributed by atoms with Crippen LogP contribution in [0.1, 0.15) is 47.0 Å². The summed E-state index contributed by atoms with van der Waals surface area (Å²) in [5.74, 6) is 0.399. The number of nitrogens with one attached hydrogen (secondary N) is 3. The molecule has 0 aromatic rings. The Bertz CT molecular complexity index is 386. The van der Waals surface area contributed by atoms with Crippen LogP contribution < -0.4 is 16.4 Å². The van der Waals surface area contributed by atoms with Crippen LogP contribution in [0, 0.1) is 5.41 Å². The first-order valence-electron chi connectivity index (χ1n) is 8.04. The molecule has 0 aliphatic heterocycles. The molecule has 0 heterocycles. The number of allylic oxidation sites excluding steroid dienone is 1. The number of hydrogen-bond donors (Lipinski definition) is 4. The highest BCUT2D eigenvalue weighted by molar-refractivity contribution is 5.96.